The molecular formula is C6H13BrO. The SMILES string of the molecule is C[C@H](CCO)CCBr. The summed E-state index contributed by atoms with van der Waals surface area (Å²) in [5.74, 6) is 0.666. The molecule has 0 aliphatic carbocycles. The average Bonchev–Trinajstić information content (AvgIpc) is 1.68. The molecule has 2 heteroatoms. The second-order valence-corrected chi connectivity index (χ2v) is 2.89. The fraction of sp³-hybridized carbons (Fsp3) is 1.00. The molecule has 0 aliphatic rings. The molecule has 0 aliphatic heterocycles. The van der Waals surface area contributed by atoms with E-state index >= 15 is 0 Å². The second-order valence-electron chi connectivity index (χ2n) is 2.10. The average molecular weight is 181 g/mol. The Labute approximate surface area is 59.2 Å². The van der Waals surface area contributed by atoms with Crippen molar-refractivity contribution in [3.05, 3.63) is 0 Å². The van der Waals surface area contributed by atoms with Crippen molar-refractivity contribution in [2.24, 2.45) is 5.92 Å². The van der Waals surface area contributed by atoms with Gasteiger partial charge in [0.05, 0.1) is 0 Å². The number of aliphatic hydroxyl groups is 1. The van der Waals surface area contributed by atoms with Crippen molar-refractivity contribution in [2.45, 2.75) is 19.8 Å². The Morgan fingerprint density at radius 1 is 1.50 bits per heavy atom. The van der Waals surface area contributed by atoms with Crippen LogP contribution in [0.25, 0.3) is 0 Å². The van der Waals surface area contributed by atoms with Gasteiger partial charge in [0.15, 0.2) is 0 Å². The third kappa shape index (κ3) is 4.60. The Bertz CT molecular complexity index is 41.8. The molecule has 0 aromatic rings. The third-order valence-electron chi connectivity index (χ3n) is 1.22. The first-order valence-electron chi connectivity index (χ1n) is 2.98. The van der Waals surface area contributed by atoms with Crippen LogP contribution in [0, 0.1) is 5.92 Å². The second kappa shape index (κ2) is 5.57. The normalized spacial score (nSPS) is 13.9. The Hall–Kier alpha value is 0.440. The highest BCUT2D eigenvalue weighted by atomic mass is 79.9. The molecule has 0 saturated heterocycles. The molecule has 0 fully saturated rings. The van der Waals surface area contributed by atoms with Crippen LogP contribution < -0.4 is 0 Å². The van der Waals surface area contributed by atoms with Crippen LogP contribution in [0.15, 0.2) is 0 Å². The van der Waals surface area contributed by atoms with Gasteiger partial charge in [-0.2, -0.15) is 0 Å². The molecule has 0 heterocycles. The van der Waals surface area contributed by atoms with E-state index in [4.69, 9.17) is 5.11 Å². The number of alkyl halides is 1. The molecule has 0 spiro atoms. The molecule has 1 atom stereocenters. The predicted molar refractivity (Wildman–Crippen MR) is 39.3 cm³/mol. The van der Waals surface area contributed by atoms with Crippen LogP contribution in [0.4, 0.5) is 0 Å². The van der Waals surface area contributed by atoms with Gasteiger partial charge in [-0.1, -0.05) is 22.9 Å². The highest BCUT2D eigenvalue weighted by Gasteiger charge is 1.97. The summed E-state index contributed by atoms with van der Waals surface area (Å²) in [6, 6.07) is 0. The summed E-state index contributed by atoms with van der Waals surface area (Å²) in [5, 5.41) is 9.50. The zero-order valence-electron chi connectivity index (χ0n) is 5.23. The van der Waals surface area contributed by atoms with Crippen LogP contribution in [0.3, 0.4) is 0 Å². The van der Waals surface area contributed by atoms with E-state index in [2.05, 4.69) is 22.9 Å². The fourth-order valence-electron chi connectivity index (χ4n) is 0.551. The maximum atomic E-state index is 8.45. The van der Waals surface area contributed by atoms with Gasteiger partial charge in [0.2, 0.25) is 0 Å². The number of halogens is 1. The van der Waals surface area contributed by atoms with E-state index in [0.717, 1.165) is 11.8 Å². The molecule has 0 rings (SSSR count). The summed E-state index contributed by atoms with van der Waals surface area (Å²) in [6.45, 7) is 2.48. The Morgan fingerprint density at radius 3 is 2.50 bits per heavy atom. The summed E-state index contributed by atoms with van der Waals surface area (Å²) in [5.41, 5.74) is 0. The van der Waals surface area contributed by atoms with Crippen molar-refractivity contribution in [2.75, 3.05) is 11.9 Å². The molecule has 0 bridgehead atoms. The largest absolute Gasteiger partial charge is 0.396 e. The van der Waals surface area contributed by atoms with Gasteiger partial charge >= 0.3 is 0 Å². The molecule has 0 unspecified atom stereocenters. The van der Waals surface area contributed by atoms with Gasteiger partial charge in [-0.3, -0.25) is 0 Å². The number of aliphatic hydroxyl groups excluding tert-OH is 1. The Balaban J connectivity index is 2.92. The van der Waals surface area contributed by atoms with E-state index in [-0.39, 0.29) is 0 Å². The van der Waals surface area contributed by atoms with Crippen LogP contribution in [-0.2, 0) is 0 Å². The van der Waals surface area contributed by atoms with Crippen LogP contribution >= 0.6 is 15.9 Å². The first kappa shape index (κ1) is 8.44. The molecule has 50 valence electrons. The van der Waals surface area contributed by atoms with E-state index < -0.39 is 0 Å². The molecule has 0 amide bonds. The lowest BCUT2D eigenvalue weighted by atomic mass is 10.1. The van der Waals surface area contributed by atoms with Gasteiger partial charge in [-0.05, 0) is 18.8 Å². The smallest absolute Gasteiger partial charge is 0.0433 e. The Kier molecular flexibility index (Phi) is 5.88. The quantitative estimate of drug-likeness (QED) is 0.655. The van der Waals surface area contributed by atoms with Gasteiger partial charge in [-0.15, -0.1) is 0 Å². The van der Waals surface area contributed by atoms with Crippen molar-refractivity contribution < 1.29 is 5.11 Å². The number of hydrogen-bond donors (Lipinski definition) is 1. The zero-order chi connectivity index (χ0) is 6.41. The van der Waals surface area contributed by atoms with E-state index in [0.29, 0.717) is 12.5 Å². The molecule has 0 aromatic carbocycles. The minimum Gasteiger partial charge on any atom is -0.396 e. The van der Waals surface area contributed by atoms with Crippen LogP contribution in [-0.4, -0.2) is 17.0 Å². The monoisotopic (exact) mass is 180 g/mol. The molecule has 0 saturated carbocycles. The number of rotatable bonds is 4. The predicted octanol–water partition coefficient (Wildman–Crippen LogP) is 1.79. The van der Waals surface area contributed by atoms with E-state index in [1.165, 1.54) is 6.42 Å². The van der Waals surface area contributed by atoms with Gasteiger partial charge in [0.25, 0.3) is 0 Å². The maximum Gasteiger partial charge on any atom is 0.0433 e. The standard InChI is InChI=1S/C6H13BrO/c1-6(2-4-7)3-5-8/h6,8H,2-5H2,1H3/t6-/m0/s1. The highest BCUT2D eigenvalue weighted by molar-refractivity contribution is 9.09. The lowest BCUT2D eigenvalue weighted by molar-refractivity contribution is 0.261. The maximum absolute atomic E-state index is 8.45. The summed E-state index contributed by atoms with van der Waals surface area (Å²) in [4.78, 5) is 0. The van der Waals surface area contributed by atoms with Crippen molar-refractivity contribution in [1.82, 2.24) is 0 Å². The Morgan fingerprint density at radius 2 is 2.12 bits per heavy atom. The molecule has 1 nitrogen and oxygen atoms in total. The zero-order valence-corrected chi connectivity index (χ0v) is 6.82. The van der Waals surface area contributed by atoms with E-state index in [1.807, 2.05) is 0 Å². The lowest BCUT2D eigenvalue weighted by Gasteiger charge is -2.04. The molecule has 1 N–H and O–H groups in total. The minimum atomic E-state index is 0.328. The van der Waals surface area contributed by atoms with Crippen molar-refractivity contribution >= 4 is 15.9 Å². The lowest BCUT2D eigenvalue weighted by Crippen LogP contribution is -1.97. The van der Waals surface area contributed by atoms with E-state index in [9.17, 15) is 0 Å². The fourth-order valence-corrected chi connectivity index (χ4v) is 1.33. The minimum absolute atomic E-state index is 0.328. The summed E-state index contributed by atoms with van der Waals surface area (Å²) in [7, 11) is 0. The molecule has 8 heavy (non-hydrogen) atoms. The third-order valence-corrected chi connectivity index (χ3v) is 1.68. The van der Waals surface area contributed by atoms with Gasteiger partial charge in [-0.25, -0.2) is 0 Å². The van der Waals surface area contributed by atoms with Gasteiger partial charge in [0.1, 0.15) is 0 Å². The van der Waals surface area contributed by atoms with Crippen LogP contribution in [0.5, 0.6) is 0 Å². The van der Waals surface area contributed by atoms with E-state index in [1.54, 1.807) is 0 Å². The van der Waals surface area contributed by atoms with Crippen molar-refractivity contribution in [1.29, 1.82) is 0 Å². The molecule has 0 aromatic heterocycles. The number of hydrogen-bond acceptors (Lipinski definition) is 1. The van der Waals surface area contributed by atoms with Gasteiger partial charge in [0, 0.05) is 11.9 Å². The summed E-state index contributed by atoms with van der Waals surface area (Å²) in [6.07, 6.45) is 2.10. The summed E-state index contributed by atoms with van der Waals surface area (Å²) < 4.78 is 0. The summed E-state index contributed by atoms with van der Waals surface area (Å²) >= 11 is 3.34. The van der Waals surface area contributed by atoms with Crippen LogP contribution in [0.1, 0.15) is 19.8 Å². The topological polar surface area (TPSA) is 20.2 Å². The highest BCUT2D eigenvalue weighted by Crippen LogP contribution is 2.07. The first-order chi connectivity index (χ1) is 3.81. The molecular weight excluding hydrogens is 168 g/mol. The molecule has 0 radical (unpaired) electrons. The van der Waals surface area contributed by atoms with Crippen molar-refractivity contribution in [3.63, 3.8) is 0 Å². The first-order valence-corrected chi connectivity index (χ1v) is 4.10. The van der Waals surface area contributed by atoms with Crippen molar-refractivity contribution in [3.8, 4) is 0 Å². The van der Waals surface area contributed by atoms with Crippen LogP contribution in [0.2, 0.25) is 0 Å². The van der Waals surface area contributed by atoms with Gasteiger partial charge < -0.3 is 5.11 Å².